The molecule has 27 heavy (non-hydrogen) atoms. The Balaban J connectivity index is 1.33. The number of nitrogens with zero attached hydrogens (tertiary/aromatic N) is 8. The van der Waals surface area contributed by atoms with Gasteiger partial charge < -0.3 is 15.2 Å². The van der Waals surface area contributed by atoms with E-state index in [1.165, 1.54) is 19.2 Å². The van der Waals surface area contributed by atoms with Gasteiger partial charge in [-0.1, -0.05) is 0 Å². The molecule has 3 aromatic rings. The molecule has 1 saturated carbocycles. The maximum absolute atomic E-state index is 5.80. The van der Waals surface area contributed by atoms with Gasteiger partial charge >= 0.3 is 0 Å². The van der Waals surface area contributed by atoms with E-state index < -0.39 is 0 Å². The topological polar surface area (TPSA) is 104 Å². The van der Waals surface area contributed by atoms with Crippen LogP contribution in [-0.4, -0.2) is 47.6 Å². The zero-order valence-electron chi connectivity index (χ0n) is 15.1. The van der Waals surface area contributed by atoms with Crippen molar-refractivity contribution in [2.75, 3.05) is 23.7 Å². The molecule has 5 rings (SSSR count). The van der Waals surface area contributed by atoms with Crippen LogP contribution in [0, 0.1) is 0 Å². The Morgan fingerprint density at radius 2 is 1.93 bits per heavy atom. The smallest absolute Gasteiger partial charge is 0.155 e. The average molecular weight is 365 g/mol. The molecule has 0 radical (unpaired) electrons. The number of nitrogen functional groups attached to an aromatic ring is 1. The van der Waals surface area contributed by atoms with Gasteiger partial charge in [-0.3, -0.25) is 4.68 Å². The van der Waals surface area contributed by atoms with Crippen molar-refractivity contribution in [3.63, 3.8) is 0 Å². The first-order valence-electron chi connectivity index (χ1n) is 9.51. The Labute approximate surface area is 157 Å². The molecular weight excluding hydrogens is 342 g/mol. The molecule has 4 heterocycles. The van der Waals surface area contributed by atoms with Gasteiger partial charge in [-0.15, -0.1) is 10.2 Å². The van der Waals surface area contributed by atoms with Gasteiger partial charge in [0.25, 0.3) is 0 Å². The van der Waals surface area contributed by atoms with E-state index >= 15 is 0 Å². The largest absolute Gasteiger partial charge is 0.384 e. The van der Waals surface area contributed by atoms with Crippen LogP contribution in [0.2, 0.25) is 0 Å². The molecule has 9 heteroatoms. The normalized spacial score (nSPS) is 18.1. The molecule has 2 fully saturated rings. The summed E-state index contributed by atoms with van der Waals surface area (Å²) in [5.41, 5.74) is 5.80. The van der Waals surface area contributed by atoms with Crippen molar-refractivity contribution in [2.45, 2.75) is 44.2 Å². The Bertz CT molecular complexity index is 905. The molecule has 0 aromatic carbocycles. The molecule has 0 spiro atoms. The summed E-state index contributed by atoms with van der Waals surface area (Å²) >= 11 is 0. The van der Waals surface area contributed by atoms with Crippen LogP contribution < -0.4 is 10.6 Å². The van der Waals surface area contributed by atoms with Crippen LogP contribution in [0.5, 0.6) is 0 Å². The average Bonchev–Trinajstić information content (AvgIpc) is 3.23. The molecule has 1 saturated heterocycles. The lowest BCUT2D eigenvalue weighted by atomic mass is 9.95. The zero-order chi connectivity index (χ0) is 18.2. The highest BCUT2D eigenvalue weighted by atomic mass is 15.3. The van der Waals surface area contributed by atoms with Gasteiger partial charge in [0.1, 0.15) is 30.3 Å². The predicted octanol–water partition coefficient (Wildman–Crippen LogP) is 1.61. The van der Waals surface area contributed by atoms with Crippen LogP contribution in [-0.2, 0) is 6.54 Å². The van der Waals surface area contributed by atoms with Crippen LogP contribution >= 0.6 is 0 Å². The fourth-order valence-electron chi connectivity index (χ4n) is 3.89. The first-order valence-corrected chi connectivity index (χ1v) is 9.51. The van der Waals surface area contributed by atoms with E-state index in [2.05, 4.69) is 34.7 Å². The van der Waals surface area contributed by atoms with Crippen molar-refractivity contribution in [1.82, 2.24) is 34.5 Å². The number of rotatable bonds is 5. The van der Waals surface area contributed by atoms with Gasteiger partial charge in [-0.2, -0.15) is 5.10 Å². The molecule has 0 unspecified atom stereocenters. The second kappa shape index (κ2) is 6.64. The number of aromatic nitrogens is 7. The maximum Gasteiger partial charge on any atom is 0.155 e. The van der Waals surface area contributed by atoms with E-state index in [0.29, 0.717) is 24.3 Å². The summed E-state index contributed by atoms with van der Waals surface area (Å²) in [4.78, 5) is 10.6. The number of hydrogen-bond acceptors (Lipinski definition) is 7. The SMILES string of the molecule is Nc1cc(N2CCC(c3nnc(Cn4cccn4)n3C3CC3)CC2)ncn1. The van der Waals surface area contributed by atoms with E-state index in [4.69, 9.17) is 5.73 Å². The second-order valence-corrected chi connectivity index (χ2v) is 7.34. The number of piperidine rings is 1. The molecule has 1 aliphatic heterocycles. The van der Waals surface area contributed by atoms with Gasteiger partial charge in [0.15, 0.2) is 5.82 Å². The van der Waals surface area contributed by atoms with Crippen molar-refractivity contribution in [2.24, 2.45) is 0 Å². The maximum atomic E-state index is 5.80. The Morgan fingerprint density at radius 1 is 1.07 bits per heavy atom. The van der Waals surface area contributed by atoms with E-state index in [9.17, 15) is 0 Å². The molecule has 2 N–H and O–H groups in total. The first kappa shape index (κ1) is 16.2. The molecule has 1 aliphatic carbocycles. The highest BCUT2D eigenvalue weighted by molar-refractivity contribution is 5.46. The quantitative estimate of drug-likeness (QED) is 0.732. The molecule has 2 aliphatic rings. The Kier molecular flexibility index (Phi) is 3.99. The molecule has 0 amide bonds. The molecular formula is C18H23N9. The molecule has 0 atom stereocenters. The van der Waals surface area contributed by atoms with Crippen LogP contribution in [0.15, 0.2) is 30.9 Å². The highest BCUT2D eigenvalue weighted by Crippen LogP contribution is 2.40. The summed E-state index contributed by atoms with van der Waals surface area (Å²) in [5, 5.41) is 13.4. The fourth-order valence-corrected chi connectivity index (χ4v) is 3.89. The third kappa shape index (κ3) is 3.24. The van der Waals surface area contributed by atoms with E-state index in [-0.39, 0.29) is 0 Å². The summed E-state index contributed by atoms with van der Waals surface area (Å²) in [6.45, 7) is 2.55. The minimum Gasteiger partial charge on any atom is -0.384 e. The van der Waals surface area contributed by atoms with Crippen molar-refractivity contribution >= 4 is 11.6 Å². The van der Waals surface area contributed by atoms with Crippen LogP contribution in [0.4, 0.5) is 11.6 Å². The molecule has 140 valence electrons. The Hall–Kier alpha value is -2.97. The van der Waals surface area contributed by atoms with E-state index in [0.717, 1.165) is 43.4 Å². The summed E-state index contributed by atoms with van der Waals surface area (Å²) in [6, 6.07) is 4.34. The Morgan fingerprint density at radius 3 is 2.63 bits per heavy atom. The lowest BCUT2D eigenvalue weighted by Gasteiger charge is -2.32. The third-order valence-electron chi connectivity index (χ3n) is 5.43. The van der Waals surface area contributed by atoms with Crippen molar-refractivity contribution in [1.29, 1.82) is 0 Å². The third-order valence-corrected chi connectivity index (χ3v) is 5.43. The van der Waals surface area contributed by atoms with E-state index in [1.54, 1.807) is 6.20 Å². The summed E-state index contributed by atoms with van der Waals surface area (Å²) in [6.07, 6.45) is 9.81. The van der Waals surface area contributed by atoms with Crippen LogP contribution in [0.3, 0.4) is 0 Å². The van der Waals surface area contributed by atoms with Gasteiger partial charge in [-0.25, -0.2) is 9.97 Å². The van der Waals surface area contributed by atoms with Crippen LogP contribution in [0.1, 0.15) is 49.3 Å². The predicted molar refractivity (Wildman–Crippen MR) is 100 cm³/mol. The minimum absolute atomic E-state index is 0.430. The standard InChI is InChI=1S/C18H23N9/c19-15-10-16(21-12-20-15)25-8-4-13(5-9-25)18-24-23-17(27(18)14-2-3-14)11-26-7-1-6-22-26/h1,6-7,10,12-14H,2-5,8-9,11H2,(H2,19,20,21). The first-order chi connectivity index (χ1) is 13.3. The minimum atomic E-state index is 0.430. The number of nitrogens with two attached hydrogens (primary N) is 1. The lowest BCUT2D eigenvalue weighted by molar-refractivity contribution is 0.458. The zero-order valence-corrected chi connectivity index (χ0v) is 15.1. The van der Waals surface area contributed by atoms with Crippen LogP contribution in [0.25, 0.3) is 0 Å². The fraction of sp³-hybridized carbons (Fsp3) is 0.500. The number of anilines is 2. The second-order valence-electron chi connectivity index (χ2n) is 7.34. The van der Waals surface area contributed by atoms with Gasteiger partial charge in [0, 0.05) is 43.5 Å². The number of hydrogen-bond donors (Lipinski definition) is 1. The summed E-state index contributed by atoms with van der Waals surface area (Å²) in [7, 11) is 0. The van der Waals surface area contributed by atoms with E-state index in [1.807, 2.05) is 23.0 Å². The molecule has 0 bridgehead atoms. The van der Waals surface area contributed by atoms with Gasteiger partial charge in [-0.05, 0) is 31.7 Å². The monoisotopic (exact) mass is 365 g/mol. The van der Waals surface area contributed by atoms with Crippen molar-refractivity contribution in [3.05, 3.63) is 42.5 Å². The van der Waals surface area contributed by atoms with Crippen molar-refractivity contribution < 1.29 is 0 Å². The molecule has 9 nitrogen and oxygen atoms in total. The van der Waals surface area contributed by atoms with Gasteiger partial charge in [0.05, 0.1) is 0 Å². The summed E-state index contributed by atoms with van der Waals surface area (Å²) < 4.78 is 4.29. The highest BCUT2D eigenvalue weighted by Gasteiger charge is 2.33. The van der Waals surface area contributed by atoms with Gasteiger partial charge in [0.2, 0.25) is 0 Å². The summed E-state index contributed by atoms with van der Waals surface area (Å²) in [5.74, 6) is 4.01. The molecule has 3 aromatic heterocycles. The van der Waals surface area contributed by atoms with Crippen molar-refractivity contribution in [3.8, 4) is 0 Å². The lowest BCUT2D eigenvalue weighted by Crippen LogP contribution is -2.34.